The van der Waals surface area contributed by atoms with Gasteiger partial charge in [-0.25, -0.2) is 9.18 Å². The lowest BCUT2D eigenvalue weighted by Gasteiger charge is -2.25. The number of hydrogen-bond acceptors (Lipinski definition) is 5. The maximum atomic E-state index is 13.7. The quantitative estimate of drug-likeness (QED) is 0.406. The summed E-state index contributed by atoms with van der Waals surface area (Å²) in [5.74, 6) is -0.0472. The van der Waals surface area contributed by atoms with Crippen LogP contribution in [0.4, 0.5) is 20.6 Å². The lowest BCUT2D eigenvalue weighted by molar-refractivity contribution is -0.120. The number of carbonyl (C=O) groups is 2. The highest BCUT2D eigenvalue weighted by Gasteiger charge is 2.25. The molecule has 0 aliphatic rings. The van der Waals surface area contributed by atoms with E-state index in [-0.39, 0.29) is 11.6 Å². The summed E-state index contributed by atoms with van der Waals surface area (Å²) >= 11 is 0.807. The first-order valence-corrected chi connectivity index (χ1v) is 11.0. The molecule has 3 aromatic rings. The summed E-state index contributed by atoms with van der Waals surface area (Å²) in [4.78, 5) is 27.2. The first-order valence-electron chi connectivity index (χ1n) is 10.2. The number of urea groups is 1. The Balaban J connectivity index is 1.66. The molecule has 3 aromatic carbocycles. The third-order valence-corrected chi connectivity index (χ3v) is 5.46. The van der Waals surface area contributed by atoms with Crippen molar-refractivity contribution in [2.75, 3.05) is 23.8 Å². The first kappa shape index (κ1) is 23.9. The molecular weight excluding hydrogens is 443 g/mol. The summed E-state index contributed by atoms with van der Waals surface area (Å²) in [6.07, 6.45) is 0.305. The molecule has 0 fully saturated rings. The van der Waals surface area contributed by atoms with Crippen molar-refractivity contribution >= 4 is 35.4 Å². The summed E-state index contributed by atoms with van der Waals surface area (Å²) in [5, 5.41) is 2.72. The number of likely N-dealkylation sites (N-methyl/N-ethyl adjacent to an activating group) is 1. The Morgan fingerprint density at radius 1 is 1.00 bits per heavy atom. The number of halogens is 1. The second-order valence-corrected chi connectivity index (χ2v) is 7.71. The number of methoxy groups -OCH3 is 1. The zero-order chi connectivity index (χ0) is 23.6. The van der Waals surface area contributed by atoms with Crippen LogP contribution in [-0.4, -0.2) is 32.1 Å². The predicted octanol–water partition coefficient (Wildman–Crippen LogP) is 4.38. The van der Waals surface area contributed by atoms with Gasteiger partial charge in [-0.1, -0.05) is 42.5 Å². The topological polar surface area (TPSA) is 82.7 Å². The van der Waals surface area contributed by atoms with Crippen molar-refractivity contribution in [3.63, 3.8) is 0 Å². The van der Waals surface area contributed by atoms with Crippen LogP contribution in [0.5, 0.6) is 5.75 Å². The van der Waals surface area contributed by atoms with E-state index in [1.807, 2.05) is 30.3 Å². The van der Waals surface area contributed by atoms with Crippen molar-refractivity contribution in [2.45, 2.75) is 12.5 Å². The summed E-state index contributed by atoms with van der Waals surface area (Å²) < 4.78 is 24.1. The van der Waals surface area contributed by atoms with Crippen molar-refractivity contribution in [3.05, 3.63) is 90.2 Å². The van der Waals surface area contributed by atoms with Crippen LogP contribution in [0, 0.1) is 5.82 Å². The van der Waals surface area contributed by atoms with E-state index in [0.29, 0.717) is 17.9 Å². The molecule has 0 bridgehead atoms. The monoisotopic (exact) mass is 468 g/mol. The van der Waals surface area contributed by atoms with Crippen molar-refractivity contribution < 1.29 is 18.7 Å². The van der Waals surface area contributed by atoms with Crippen LogP contribution < -0.4 is 24.4 Å². The average molecular weight is 469 g/mol. The van der Waals surface area contributed by atoms with Crippen LogP contribution in [0.25, 0.3) is 0 Å². The predicted molar refractivity (Wildman–Crippen MR) is 130 cm³/mol. The van der Waals surface area contributed by atoms with Crippen LogP contribution in [-0.2, 0) is 11.2 Å². The highest BCUT2D eigenvalue weighted by molar-refractivity contribution is 7.99. The van der Waals surface area contributed by atoms with Gasteiger partial charge in [-0.2, -0.15) is 0 Å². The number of hydrogen-bond donors (Lipinski definition) is 3. The molecule has 9 heteroatoms. The van der Waals surface area contributed by atoms with Crippen LogP contribution in [0.2, 0.25) is 0 Å². The Bertz CT molecular complexity index is 1070. The standard InChI is InChI=1S/C24H25FN4O3S/c1-29(18-12-14-19(32-2)15-13-18)23(30)22(16-17-8-4-3-5-9-17)26-24(31)28-33-27-21-11-7-6-10-20(21)25/h3-15,22,27H,16H2,1-2H3,(H2,26,28,31). The minimum atomic E-state index is -0.825. The number of benzene rings is 3. The number of para-hydroxylation sites is 1. The number of nitrogens with one attached hydrogen (secondary N) is 3. The molecule has 0 saturated heterocycles. The minimum absolute atomic E-state index is 0.235. The molecule has 0 heterocycles. The summed E-state index contributed by atoms with van der Waals surface area (Å²) in [6, 6.07) is 21.2. The largest absolute Gasteiger partial charge is 0.497 e. The highest BCUT2D eigenvalue weighted by atomic mass is 32.2. The molecule has 172 valence electrons. The van der Waals surface area contributed by atoms with Gasteiger partial charge in [0.25, 0.3) is 0 Å². The van der Waals surface area contributed by atoms with E-state index in [1.54, 1.807) is 56.6 Å². The third-order valence-electron chi connectivity index (χ3n) is 4.85. The lowest BCUT2D eigenvalue weighted by atomic mass is 10.0. The zero-order valence-electron chi connectivity index (χ0n) is 18.2. The normalized spacial score (nSPS) is 11.2. The molecule has 0 aliphatic heterocycles. The van der Waals surface area contributed by atoms with Gasteiger partial charge in [-0.3, -0.25) is 9.52 Å². The number of carbonyl (C=O) groups excluding carboxylic acids is 2. The third kappa shape index (κ3) is 6.88. The van der Waals surface area contributed by atoms with Gasteiger partial charge in [0.05, 0.1) is 24.9 Å². The summed E-state index contributed by atoms with van der Waals surface area (Å²) in [6.45, 7) is 0. The Kier molecular flexibility index (Phi) is 8.54. The number of ether oxygens (including phenoxy) is 1. The summed E-state index contributed by atoms with van der Waals surface area (Å²) in [7, 11) is 3.22. The second-order valence-electron chi connectivity index (χ2n) is 7.10. The van der Waals surface area contributed by atoms with E-state index in [1.165, 1.54) is 11.0 Å². The zero-order valence-corrected chi connectivity index (χ0v) is 19.1. The fourth-order valence-electron chi connectivity index (χ4n) is 3.08. The molecule has 7 nitrogen and oxygen atoms in total. The molecule has 3 amide bonds. The molecule has 0 radical (unpaired) electrons. The molecule has 0 saturated carbocycles. The average Bonchev–Trinajstić information content (AvgIpc) is 2.84. The van der Waals surface area contributed by atoms with Gasteiger partial charge in [-0.15, -0.1) is 0 Å². The fourth-order valence-corrected chi connectivity index (χ4v) is 3.55. The van der Waals surface area contributed by atoms with Crippen molar-refractivity contribution in [1.82, 2.24) is 10.0 Å². The van der Waals surface area contributed by atoms with Gasteiger partial charge in [-0.05, 0) is 42.0 Å². The molecule has 0 aromatic heterocycles. The van der Waals surface area contributed by atoms with E-state index < -0.39 is 17.9 Å². The molecule has 1 atom stereocenters. The van der Waals surface area contributed by atoms with Gasteiger partial charge < -0.3 is 19.7 Å². The highest BCUT2D eigenvalue weighted by Crippen LogP contribution is 2.20. The van der Waals surface area contributed by atoms with Crippen LogP contribution in [0.3, 0.4) is 0 Å². The van der Waals surface area contributed by atoms with E-state index in [0.717, 1.165) is 17.7 Å². The first-order chi connectivity index (χ1) is 16.0. The lowest BCUT2D eigenvalue weighted by Crippen LogP contribution is -2.50. The number of anilines is 2. The molecule has 3 N–H and O–H groups in total. The maximum absolute atomic E-state index is 13.7. The Labute approximate surface area is 196 Å². The molecule has 1 unspecified atom stereocenters. The number of nitrogens with zero attached hydrogens (tertiary/aromatic N) is 1. The van der Waals surface area contributed by atoms with E-state index in [2.05, 4.69) is 14.8 Å². The van der Waals surface area contributed by atoms with Crippen molar-refractivity contribution in [3.8, 4) is 5.75 Å². The minimum Gasteiger partial charge on any atom is -0.497 e. The Morgan fingerprint density at radius 2 is 1.67 bits per heavy atom. The molecular formula is C24H25FN4O3S. The van der Waals surface area contributed by atoms with Crippen molar-refractivity contribution in [2.24, 2.45) is 0 Å². The van der Waals surface area contributed by atoms with E-state index in [9.17, 15) is 14.0 Å². The van der Waals surface area contributed by atoms with Crippen LogP contribution in [0.15, 0.2) is 78.9 Å². The van der Waals surface area contributed by atoms with Crippen LogP contribution >= 0.6 is 12.1 Å². The van der Waals surface area contributed by atoms with Gasteiger partial charge in [0.2, 0.25) is 5.91 Å². The number of rotatable bonds is 9. The smallest absolute Gasteiger partial charge is 0.326 e. The van der Waals surface area contributed by atoms with Gasteiger partial charge in [0.1, 0.15) is 17.6 Å². The maximum Gasteiger partial charge on any atom is 0.326 e. The van der Waals surface area contributed by atoms with Gasteiger partial charge in [0.15, 0.2) is 0 Å². The SMILES string of the molecule is COc1ccc(N(C)C(=O)C(Cc2ccccc2)NC(=O)NSNc2ccccc2F)cc1. The summed E-state index contributed by atoms with van der Waals surface area (Å²) in [5.41, 5.74) is 1.80. The molecule has 0 aliphatic carbocycles. The number of amides is 3. The molecule has 33 heavy (non-hydrogen) atoms. The molecule has 0 spiro atoms. The van der Waals surface area contributed by atoms with Crippen LogP contribution in [0.1, 0.15) is 5.56 Å². The van der Waals surface area contributed by atoms with Gasteiger partial charge in [0, 0.05) is 19.2 Å². The fraction of sp³-hybridized carbons (Fsp3) is 0.167. The Hall–Kier alpha value is -3.72. The van der Waals surface area contributed by atoms with E-state index in [4.69, 9.17) is 4.74 Å². The van der Waals surface area contributed by atoms with E-state index >= 15 is 0 Å². The second kappa shape index (κ2) is 11.8. The van der Waals surface area contributed by atoms with Gasteiger partial charge >= 0.3 is 6.03 Å². The Morgan fingerprint density at radius 3 is 2.33 bits per heavy atom. The van der Waals surface area contributed by atoms with Crippen molar-refractivity contribution in [1.29, 1.82) is 0 Å². The molecule has 3 rings (SSSR count).